The lowest BCUT2D eigenvalue weighted by molar-refractivity contribution is -0.146. The molecule has 2 atom stereocenters. The van der Waals surface area contributed by atoms with Crippen LogP contribution in [-0.4, -0.2) is 36.6 Å². The third kappa shape index (κ3) is 2.42. The van der Waals surface area contributed by atoms with Crippen molar-refractivity contribution in [1.82, 2.24) is 4.90 Å². The molecule has 1 heterocycles. The molecule has 4 heteroatoms. The Labute approximate surface area is 96.5 Å². The second kappa shape index (κ2) is 5.66. The van der Waals surface area contributed by atoms with Gasteiger partial charge in [-0.05, 0) is 25.3 Å². The lowest BCUT2D eigenvalue weighted by Gasteiger charge is -2.35. The number of carbonyl (C=O) groups excluding carboxylic acids is 1. The molecule has 0 amide bonds. The molecule has 0 saturated carbocycles. The number of ether oxygens (including phenoxy) is 1. The molecule has 0 spiro atoms. The summed E-state index contributed by atoms with van der Waals surface area (Å²) in [5, 5.41) is 9.18. The summed E-state index contributed by atoms with van der Waals surface area (Å²) < 4.78 is 4.72. The van der Waals surface area contributed by atoms with Gasteiger partial charge in [0, 0.05) is 6.54 Å². The molecular formula is C12H18N2O2. The predicted molar refractivity (Wildman–Crippen MR) is 60.6 cm³/mol. The third-order valence-corrected chi connectivity index (χ3v) is 3.05. The van der Waals surface area contributed by atoms with Crippen LogP contribution in [0.2, 0.25) is 0 Å². The molecule has 88 valence electrons. The summed E-state index contributed by atoms with van der Waals surface area (Å²) in [6, 6.07) is 1.62. The molecule has 0 aliphatic carbocycles. The minimum atomic E-state index is -0.357. The standard InChI is InChI=1S/C12H18N2O2/c1-4-10-6-5-7-14(11(10)8-13)9(2)12(15)16-3/h6,9,11H,4-5,7H2,1-3H3. The first-order chi connectivity index (χ1) is 7.65. The molecule has 16 heavy (non-hydrogen) atoms. The number of methoxy groups -OCH3 is 1. The maximum absolute atomic E-state index is 11.5. The highest BCUT2D eigenvalue weighted by Crippen LogP contribution is 2.22. The van der Waals surface area contributed by atoms with Gasteiger partial charge in [-0.2, -0.15) is 5.26 Å². The van der Waals surface area contributed by atoms with E-state index in [1.165, 1.54) is 7.11 Å². The van der Waals surface area contributed by atoms with E-state index in [0.717, 1.165) is 25.0 Å². The summed E-state index contributed by atoms with van der Waals surface area (Å²) in [5.74, 6) is -0.280. The molecule has 0 saturated heterocycles. The highest BCUT2D eigenvalue weighted by molar-refractivity contribution is 5.75. The van der Waals surface area contributed by atoms with Crippen molar-refractivity contribution in [2.45, 2.75) is 38.8 Å². The normalized spacial score (nSPS) is 23.1. The molecule has 4 nitrogen and oxygen atoms in total. The first-order valence-electron chi connectivity index (χ1n) is 5.57. The van der Waals surface area contributed by atoms with Gasteiger partial charge in [0.1, 0.15) is 12.1 Å². The average molecular weight is 222 g/mol. The Morgan fingerprint density at radius 3 is 3.00 bits per heavy atom. The Kier molecular flexibility index (Phi) is 4.51. The molecule has 0 aromatic carbocycles. The van der Waals surface area contributed by atoms with E-state index in [9.17, 15) is 10.1 Å². The Balaban J connectivity index is 2.86. The second-order valence-corrected chi connectivity index (χ2v) is 3.89. The summed E-state index contributed by atoms with van der Waals surface area (Å²) >= 11 is 0. The molecule has 0 aromatic rings. The van der Waals surface area contributed by atoms with Gasteiger partial charge in [0.25, 0.3) is 0 Å². The number of carbonyl (C=O) groups is 1. The molecule has 0 radical (unpaired) electrons. The van der Waals surface area contributed by atoms with E-state index in [1.807, 2.05) is 11.8 Å². The van der Waals surface area contributed by atoms with Gasteiger partial charge in [-0.15, -0.1) is 0 Å². The summed E-state index contributed by atoms with van der Waals surface area (Å²) in [7, 11) is 1.38. The summed E-state index contributed by atoms with van der Waals surface area (Å²) in [6.45, 7) is 4.55. The van der Waals surface area contributed by atoms with E-state index >= 15 is 0 Å². The van der Waals surface area contributed by atoms with Gasteiger partial charge in [-0.3, -0.25) is 9.69 Å². The number of rotatable bonds is 3. The van der Waals surface area contributed by atoms with Crippen molar-refractivity contribution >= 4 is 5.97 Å². The molecule has 0 N–H and O–H groups in total. The topological polar surface area (TPSA) is 53.3 Å². The van der Waals surface area contributed by atoms with Gasteiger partial charge < -0.3 is 4.74 Å². The van der Waals surface area contributed by atoms with E-state index in [0.29, 0.717) is 0 Å². The first-order valence-corrected chi connectivity index (χ1v) is 5.57. The van der Waals surface area contributed by atoms with Crippen molar-refractivity contribution in [3.8, 4) is 6.07 Å². The fourth-order valence-corrected chi connectivity index (χ4v) is 2.07. The predicted octanol–water partition coefficient (Wildman–Crippen LogP) is 1.48. The number of hydrogen-bond acceptors (Lipinski definition) is 4. The van der Waals surface area contributed by atoms with Gasteiger partial charge in [-0.25, -0.2) is 0 Å². The van der Waals surface area contributed by atoms with Crippen LogP contribution in [0.25, 0.3) is 0 Å². The lowest BCUT2D eigenvalue weighted by Crippen LogP contribution is -2.48. The van der Waals surface area contributed by atoms with Crippen LogP contribution in [0.1, 0.15) is 26.7 Å². The average Bonchev–Trinajstić information content (AvgIpc) is 2.35. The van der Waals surface area contributed by atoms with Crippen LogP contribution in [0.4, 0.5) is 0 Å². The van der Waals surface area contributed by atoms with E-state index in [2.05, 4.69) is 12.1 Å². The Bertz CT molecular complexity index is 330. The Hall–Kier alpha value is -1.34. The van der Waals surface area contributed by atoms with Crippen LogP contribution in [-0.2, 0) is 9.53 Å². The highest BCUT2D eigenvalue weighted by atomic mass is 16.5. The van der Waals surface area contributed by atoms with Crippen LogP contribution >= 0.6 is 0 Å². The number of esters is 1. The number of nitrogens with zero attached hydrogens (tertiary/aromatic N) is 2. The van der Waals surface area contributed by atoms with Gasteiger partial charge in [-0.1, -0.05) is 13.0 Å². The van der Waals surface area contributed by atoms with Crippen LogP contribution < -0.4 is 0 Å². The largest absolute Gasteiger partial charge is 0.468 e. The smallest absolute Gasteiger partial charge is 0.322 e. The van der Waals surface area contributed by atoms with Crippen LogP contribution in [0.15, 0.2) is 11.6 Å². The molecule has 2 unspecified atom stereocenters. The molecular weight excluding hydrogens is 204 g/mol. The summed E-state index contributed by atoms with van der Waals surface area (Å²) in [5.41, 5.74) is 1.10. The van der Waals surface area contributed by atoms with E-state index in [4.69, 9.17) is 4.74 Å². The molecule has 1 rings (SSSR count). The molecule has 0 fully saturated rings. The van der Waals surface area contributed by atoms with Crippen molar-refractivity contribution in [1.29, 1.82) is 5.26 Å². The highest BCUT2D eigenvalue weighted by Gasteiger charge is 2.31. The van der Waals surface area contributed by atoms with Crippen molar-refractivity contribution in [3.05, 3.63) is 11.6 Å². The lowest BCUT2D eigenvalue weighted by atomic mass is 9.97. The molecule has 1 aliphatic heterocycles. The Morgan fingerprint density at radius 2 is 2.50 bits per heavy atom. The molecule has 0 aromatic heterocycles. The summed E-state index contributed by atoms with van der Waals surface area (Å²) in [6.07, 6.45) is 3.85. The van der Waals surface area contributed by atoms with Gasteiger partial charge >= 0.3 is 5.97 Å². The van der Waals surface area contributed by atoms with Gasteiger partial charge in [0.05, 0.1) is 13.2 Å². The zero-order valence-electron chi connectivity index (χ0n) is 10.1. The van der Waals surface area contributed by atoms with Crippen molar-refractivity contribution < 1.29 is 9.53 Å². The first kappa shape index (κ1) is 12.7. The quantitative estimate of drug-likeness (QED) is 0.536. The van der Waals surface area contributed by atoms with Crippen molar-refractivity contribution in [2.24, 2.45) is 0 Å². The minimum absolute atomic E-state index is 0.280. The van der Waals surface area contributed by atoms with E-state index in [-0.39, 0.29) is 18.1 Å². The van der Waals surface area contributed by atoms with Crippen LogP contribution in [0.3, 0.4) is 0 Å². The fourth-order valence-electron chi connectivity index (χ4n) is 2.07. The van der Waals surface area contributed by atoms with E-state index in [1.54, 1.807) is 6.92 Å². The zero-order chi connectivity index (χ0) is 12.1. The van der Waals surface area contributed by atoms with Crippen LogP contribution in [0, 0.1) is 11.3 Å². The van der Waals surface area contributed by atoms with Crippen molar-refractivity contribution in [3.63, 3.8) is 0 Å². The maximum Gasteiger partial charge on any atom is 0.322 e. The molecule has 1 aliphatic rings. The number of hydrogen-bond donors (Lipinski definition) is 0. The van der Waals surface area contributed by atoms with Crippen LogP contribution in [0.5, 0.6) is 0 Å². The van der Waals surface area contributed by atoms with Crippen molar-refractivity contribution in [2.75, 3.05) is 13.7 Å². The fraction of sp³-hybridized carbons (Fsp3) is 0.667. The summed E-state index contributed by atoms with van der Waals surface area (Å²) in [4.78, 5) is 13.4. The monoisotopic (exact) mass is 222 g/mol. The SMILES string of the molecule is CCC1=CCCN(C(C)C(=O)OC)C1C#N. The van der Waals surface area contributed by atoms with E-state index < -0.39 is 0 Å². The third-order valence-electron chi connectivity index (χ3n) is 3.05. The maximum atomic E-state index is 11.5. The number of nitriles is 1. The second-order valence-electron chi connectivity index (χ2n) is 3.89. The van der Waals surface area contributed by atoms with Gasteiger partial charge in [0.2, 0.25) is 0 Å². The Morgan fingerprint density at radius 1 is 1.81 bits per heavy atom. The minimum Gasteiger partial charge on any atom is -0.468 e. The van der Waals surface area contributed by atoms with Gasteiger partial charge in [0.15, 0.2) is 0 Å². The molecule has 0 bridgehead atoms. The zero-order valence-corrected chi connectivity index (χ0v) is 10.1.